The molecule has 2 heteroatoms. The van der Waals surface area contributed by atoms with Gasteiger partial charge in [0.2, 0.25) is 0 Å². The second kappa shape index (κ2) is 11.8. The van der Waals surface area contributed by atoms with E-state index in [1.807, 2.05) is 0 Å². The van der Waals surface area contributed by atoms with Crippen LogP contribution < -0.4 is 4.90 Å². The molecule has 0 spiro atoms. The van der Waals surface area contributed by atoms with Crippen LogP contribution >= 0.6 is 0 Å². The van der Waals surface area contributed by atoms with Crippen LogP contribution in [0.3, 0.4) is 0 Å². The average Bonchev–Trinajstić information content (AvgIpc) is 3.57. The normalized spacial score (nSPS) is 11.3. The first-order valence-electron chi connectivity index (χ1n) is 16.4. The van der Waals surface area contributed by atoms with Crippen molar-refractivity contribution >= 4 is 49.8 Å². The molecular formula is C46H31NO. The topological polar surface area (TPSA) is 16.4 Å². The highest BCUT2D eigenvalue weighted by atomic mass is 16.3. The zero-order valence-corrected chi connectivity index (χ0v) is 26.3. The molecule has 0 atom stereocenters. The number of nitrogens with zero attached hydrogens (tertiary/aromatic N) is 1. The van der Waals surface area contributed by atoms with E-state index in [4.69, 9.17) is 4.42 Å². The van der Waals surface area contributed by atoms with Crippen LogP contribution in [0.25, 0.3) is 66.1 Å². The first-order valence-corrected chi connectivity index (χ1v) is 16.4. The Bertz CT molecular complexity index is 2490. The Morgan fingerprint density at radius 3 is 1.60 bits per heavy atom. The van der Waals surface area contributed by atoms with Crippen molar-refractivity contribution in [2.24, 2.45) is 0 Å². The lowest BCUT2D eigenvalue weighted by Gasteiger charge is -2.25. The Morgan fingerprint density at radius 1 is 0.354 bits per heavy atom. The van der Waals surface area contributed by atoms with Crippen molar-refractivity contribution in [3.05, 3.63) is 188 Å². The third-order valence-corrected chi connectivity index (χ3v) is 9.26. The molecule has 0 unspecified atom stereocenters. The van der Waals surface area contributed by atoms with Gasteiger partial charge in [0, 0.05) is 33.4 Å². The molecule has 0 aliphatic carbocycles. The lowest BCUT2D eigenvalue weighted by Crippen LogP contribution is -2.09. The van der Waals surface area contributed by atoms with Crippen LogP contribution in [0.4, 0.5) is 17.1 Å². The van der Waals surface area contributed by atoms with Crippen LogP contribution in [0.5, 0.6) is 0 Å². The largest absolute Gasteiger partial charge is 0.455 e. The van der Waals surface area contributed by atoms with Crippen LogP contribution in [-0.4, -0.2) is 0 Å². The summed E-state index contributed by atoms with van der Waals surface area (Å²) in [5.41, 5.74) is 12.1. The number of fused-ring (bicyclic) bond motifs is 5. The van der Waals surface area contributed by atoms with Gasteiger partial charge in [0.1, 0.15) is 11.2 Å². The first-order chi connectivity index (χ1) is 23.8. The van der Waals surface area contributed by atoms with Crippen molar-refractivity contribution in [2.75, 3.05) is 4.90 Å². The summed E-state index contributed by atoms with van der Waals surface area (Å²) in [6.45, 7) is 0. The molecule has 0 saturated heterocycles. The number of hydrogen-bond donors (Lipinski definition) is 0. The highest BCUT2D eigenvalue weighted by Crippen LogP contribution is 2.46. The molecule has 9 rings (SSSR count). The SMILES string of the molecule is c1ccc(-c2ccccc2-c2cc3ccccc3c3c2oc2cccc(-c4ccc(N(c5ccccc5)c5ccccc5)cc4)c23)cc1. The van der Waals surface area contributed by atoms with Crippen LogP contribution in [0, 0.1) is 0 Å². The zero-order valence-electron chi connectivity index (χ0n) is 26.3. The van der Waals surface area contributed by atoms with Crippen LogP contribution in [0.1, 0.15) is 0 Å². The minimum atomic E-state index is 0.886. The highest BCUT2D eigenvalue weighted by molar-refractivity contribution is 6.26. The first kappa shape index (κ1) is 27.9. The van der Waals surface area contributed by atoms with E-state index in [0.29, 0.717) is 0 Å². The minimum absolute atomic E-state index is 0.886. The van der Waals surface area contributed by atoms with Gasteiger partial charge < -0.3 is 9.32 Å². The molecule has 0 amide bonds. The smallest absolute Gasteiger partial charge is 0.143 e. The van der Waals surface area contributed by atoms with Crippen LogP contribution in [0.15, 0.2) is 192 Å². The molecule has 9 aromatic rings. The Hall–Kier alpha value is -6.38. The van der Waals surface area contributed by atoms with E-state index in [1.165, 1.54) is 21.9 Å². The number of anilines is 3. The number of para-hydroxylation sites is 2. The lowest BCUT2D eigenvalue weighted by atomic mass is 9.90. The molecule has 0 aliphatic rings. The van der Waals surface area contributed by atoms with Crippen LogP contribution in [-0.2, 0) is 0 Å². The van der Waals surface area contributed by atoms with Crippen molar-refractivity contribution in [3.63, 3.8) is 0 Å². The summed E-state index contributed by atoms with van der Waals surface area (Å²) in [4.78, 5) is 2.29. The molecule has 0 aliphatic heterocycles. The summed E-state index contributed by atoms with van der Waals surface area (Å²) < 4.78 is 6.87. The van der Waals surface area contributed by atoms with Gasteiger partial charge in [0.05, 0.1) is 0 Å². The molecule has 1 aromatic heterocycles. The predicted molar refractivity (Wildman–Crippen MR) is 202 cm³/mol. The fourth-order valence-corrected chi connectivity index (χ4v) is 7.09. The van der Waals surface area contributed by atoms with Crippen LogP contribution in [0.2, 0.25) is 0 Å². The predicted octanol–water partition coefficient (Wildman–Crippen LogP) is 13.2. The van der Waals surface area contributed by atoms with Gasteiger partial charge in [0.15, 0.2) is 0 Å². The van der Waals surface area contributed by atoms with Crippen molar-refractivity contribution in [2.45, 2.75) is 0 Å². The molecule has 226 valence electrons. The van der Waals surface area contributed by atoms with Crippen molar-refractivity contribution in [1.82, 2.24) is 0 Å². The molecular weight excluding hydrogens is 583 g/mol. The third-order valence-electron chi connectivity index (χ3n) is 9.26. The fraction of sp³-hybridized carbons (Fsp3) is 0. The van der Waals surface area contributed by atoms with Gasteiger partial charge in [0.25, 0.3) is 0 Å². The fourth-order valence-electron chi connectivity index (χ4n) is 7.09. The van der Waals surface area contributed by atoms with E-state index in [1.54, 1.807) is 0 Å². The maximum atomic E-state index is 6.87. The molecule has 0 saturated carbocycles. The number of benzene rings is 8. The number of furan rings is 1. The van der Waals surface area contributed by atoms with E-state index in [-0.39, 0.29) is 0 Å². The zero-order chi connectivity index (χ0) is 31.9. The molecule has 0 radical (unpaired) electrons. The Labute approximate surface area is 279 Å². The van der Waals surface area contributed by atoms with Crippen molar-refractivity contribution in [1.29, 1.82) is 0 Å². The molecule has 8 aromatic carbocycles. The Balaban J connectivity index is 1.25. The monoisotopic (exact) mass is 613 g/mol. The molecule has 1 heterocycles. The minimum Gasteiger partial charge on any atom is -0.455 e. The molecule has 0 N–H and O–H groups in total. The van der Waals surface area contributed by atoms with E-state index in [9.17, 15) is 0 Å². The quantitative estimate of drug-likeness (QED) is 0.185. The van der Waals surface area contributed by atoms with E-state index in [0.717, 1.165) is 61.3 Å². The molecule has 0 fully saturated rings. The van der Waals surface area contributed by atoms with Gasteiger partial charge in [-0.25, -0.2) is 0 Å². The van der Waals surface area contributed by atoms with Gasteiger partial charge in [-0.2, -0.15) is 0 Å². The second-order valence-electron chi connectivity index (χ2n) is 12.1. The van der Waals surface area contributed by atoms with Crippen molar-refractivity contribution < 1.29 is 4.42 Å². The van der Waals surface area contributed by atoms with E-state index < -0.39 is 0 Å². The molecule has 48 heavy (non-hydrogen) atoms. The second-order valence-corrected chi connectivity index (χ2v) is 12.1. The summed E-state index contributed by atoms with van der Waals surface area (Å²) in [7, 11) is 0. The average molecular weight is 614 g/mol. The maximum absolute atomic E-state index is 6.87. The summed E-state index contributed by atoms with van der Waals surface area (Å²) >= 11 is 0. The number of rotatable bonds is 6. The van der Waals surface area contributed by atoms with Crippen molar-refractivity contribution in [3.8, 4) is 33.4 Å². The highest BCUT2D eigenvalue weighted by Gasteiger charge is 2.21. The molecule has 2 nitrogen and oxygen atoms in total. The van der Waals surface area contributed by atoms with E-state index in [2.05, 4.69) is 193 Å². The van der Waals surface area contributed by atoms with Gasteiger partial charge in [-0.1, -0.05) is 140 Å². The maximum Gasteiger partial charge on any atom is 0.143 e. The Kier molecular flexibility index (Phi) is 6.84. The third kappa shape index (κ3) is 4.74. The lowest BCUT2D eigenvalue weighted by molar-refractivity contribution is 0.670. The number of hydrogen-bond acceptors (Lipinski definition) is 2. The molecule has 0 bridgehead atoms. The standard InChI is InChI=1S/C46H31NO/c1-4-15-32(16-5-1)38-22-12-13-24-41(38)42-31-34-17-10-11-23-40(34)45-44-39(25-14-26-43(44)48-46(42)45)33-27-29-37(30-28-33)47(35-18-6-2-7-19-35)36-20-8-3-9-21-36/h1-31H. The summed E-state index contributed by atoms with van der Waals surface area (Å²) in [6, 6.07) is 66.6. The van der Waals surface area contributed by atoms with Gasteiger partial charge in [-0.05, 0) is 87.1 Å². The summed E-state index contributed by atoms with van der Waals surface area (Å²) in [5.74, 6) is 0. The van der Waals surface area contributed by atoms with E-state index >= 15 is 0 Å². The van der Waals surface area contributed by atoms with Gasteiger partial charge in [-0.3, -0.25) is 0 Å². The van der Waals surface area contributed by atoms with Gasteiger partial charge >= 0.3 is 0 Å². The summed E-state index contributed by atoms with van der Waals surface area (Å²) in [5, 5.41) is 4.67. The summed E-state index contributed by atoms with van der Waals surface area (Å²) in [6.07, 6.45) is 0. The van der Waals surface area contributed by atoms with Gasteiger partial charge in [-0.15, -0.1) is 0 Å². The Morgan fingerprint density at radius 2 is 0.896 bits per heavy atom.